The second kappa shape index (κ2) is 7.66. The van der Waals surface area contributed by atoms with Crippen LogP contribution in [0.2, 0.25) is 0 Å². The van der Waals surface area contributed by atoms with Crippen LogP contribution in [0.5, 0.6) is 0 Å². The van der Waals surface area contributed by atoms with E-state index in [0.717, 1.165) is 6.33 Å². The van der Waals surface area contributed by atoms with Crippen LogP contribution >= 0.6 is 31.6 Å². The van der Waals surface area contributed by atoms with Gasteiger partial charge in [0.25, 0.3) is 5.56 Å². The van der Waals surface area contributed by atoms with Gasteiger partial charge in [0.05, 0.1) is 12.9 Å². The van der Waals surface area contributed by atoms with Gasteiger partial charge in [-0.05, 0) is 15.9 Å². The van der Waals surface area contributed by atoms with Gasteiger partial charge >= 0.3 is 15.6 Å². The molecule has 0 amide bonds. The summed E-state index contributed by atoms with van der Waals surface area (Å²) < 4.78 is 36.8. The van der Waals surface area contributed by atoms with E-state index >= 15 is 0 Å². The highest BCUT2D eigenvalue weighted by molar-refractivity contribution is 9.10. The van der Waals surface area contributed by atoms with Crippen molar-refractivity contribution in [1.82, 2.24) is 19.5 Å². The van der Waals surface area contributed by atoms with Crippen molar-refractivity contribution in [1.29, 1.82) is 0 Å². The number of phosphoric acid groups is 2. The third-order valence-electron chi connectivity index (χ3n) is 3.64. The second-order valence-electron chi connectivity index (χ2n) is 5.54. The molecule has 2 aromatic rings. The summed E-state index contributed by atoms with van der Waals surface area (Å²) in [5.41, 5.74) is -0.617. The Hall–Kier alpha value is -1.03. The fourth-order valence-electron chi connectivity index (χ4n) is 2.52. The topological polar surface area (TPSA) is 227 Å². The van der Waals surface area contributed by atoms with Crippen LogP contribution in [-0.4, -0.2) is 69.3 Å². The summed E-state index contributed by atoms with van der Waals surface area (Å²) in [7, 11) is -10.5. The van der Waals surface area contributed by atoms with Gasteiger partial charge < -0.3 is 34.6 Å². The number of hydrogen-bond donors (Lipinski definition) is 6. The quantitative estimate of drug-likeness (QED) is 0.198. The number of aromatic amines is 1. The molecule has 0 bridgehead atoms. The molecule has 6 N–H and O–H groups in total. The molecule has 0 aromatic carbocycles. The zero-order valence-corrected chi connectivity index (χ0v) is 16.8. The van der Waals surface area contributed by atoms with Gasteiger partial charge in [-0.2, -0.15) is 4.31 Å². The predicted molar refractivity (Wildman–Crippen MR) is 90.7 cm³/mol. The summed E-state index contributed by atoms with van der Waals surface area (Å²) in [6.07, 6.45) is -4.85. The molecule has 0 spiro atoms. The average Bonchev–Trinajstić information content (AvgIpc) is 3.02. The van der Waals surface area contributed by atoms with Gasteiger partial charge in [-0.25, -0.2) is 19.1 Å². The number of aliphatic hydroxyl groups is 2. The molecule has 1 aliphatic rings. The smallest absolute Gasteiger partial charge is 0.387 e. The number of rotatable bonds is 6. The third kappa shape index (κ3) is 4.42. The summed E-state index contributed by atoms with van der Waals surface area (Å²) in [4.78, 5) is 48.4. The van der Waals surface area contributed by atoms with Crippen molar-refractivity contribution in [3.63, 3.8) is 0 Å². The molecule has 0 saturated carbocycles. The Kier molecular flexibility index (Phi) is 5.93. The number of H-pyrrole nitrogens is 1. The van der Waals surface area contributed by atoms with E-state index in [1.165, 1.54) is 4.57 Å². The van der Waals surface area contributed by atoms with Crippen LogP contribution in [0.4, 0.5) is 0 Å². The lowest BCUT2D eigenvalue weighted by Gasteiger charge is -2.18. The number of nitrogens with one attached hydrogen (secondary N) is 1. The van der Waals surface area contributed by atoms with Crippen molar-refractivity contribution in [3.8, 4) is 0 Å². The minimum Gasteiger partial charge on any atom is -0.387 e. The van der Waals surface area contributed by atoms with Crippen LogP contribution in [0.15, 0.2) is 15.9 Å². The highest BCUT2D eigenvalue weighted by atomic mass is 79.9. The van der Waals surface area contributed by atoms with E-state index in [-0.39, 0.29) is 15.9 Å². The Bertz CT molecular complexity index is 1040. The monoisotopic (exact) mass is 506 g/mol. The Balaban J connectivity index is 1.81. The first-order valence-corrected chi connectivity index (χ1v) is 11.1. The number of nitrogens with zero attached hydrogens (tertiary/aromatic N) is 3. The van der Waals surface area contributed by atoms with Gasteiger partial charge in [0.15, 0.2) is 22.1 Å². The standard InChI is InChI=1S/C10H13BrN4O11P2/c11-10-14-4-7(12-2-13-8(4)18)15(10)9-6(17)5(16)3(25-9)1-24-28(22,23)26-27(19,20)21/h2-3,5-6,9,16-17H,1H2,(H,22,23)(H,12,13,18)(H2,19,20,21)/t3-,5+,6-,9-/m0/s1. The SMILES string of the molecule is O=c1[nH]cnc2c1nc(Br)n2[C@H]1O[C@@H](COP(=O)(O)OP(=O)(O)O)[C@@H](O)[C@@H]1O. The Morgan fingerprint density at radius 1 is 1.29 bits per heavy atom. The van der Waals surface area contributed by atoms with Crippen molar-refractivity contribution in [2.45, 2.75) is 24.5 Å². The molecule has 5 atom stereocenters. The van der Waals surface area contributed by atoms with Crippen LogP contribution in [-0.2, 0) is 22.7 Å². The molecule has 156 valence electrons. The predicted octanol–water partition coefficient (Wildman–Crippen LogP) is -1.27. The zero-order valence-electron chi connectivity index (χ0n) is 13.4. The minimum absolute atomic E-state index is 0.0195. The number of fused-ring (bicyclic) bond motifs is 1. The fraction of sp³-hybridized carbons (Fsp3) is 0.500. The molecule has 3 heterocycles. The first-order valence-electron chi connectivity index (χ1n) is 7.26. The highest BCUT2D eigenvalue weighted by Gasteiger charge is 2.46. The minimum atomic E-state index is -5.32. The summed E-state index contributed by atoms with van der Waals surface area (Å²) in [6.45, 7) is -0.860. The maximum atomic E-state index is 11.8. The maximum Gasteiger partial charge on any atom is 0.481 e. The van der Waals surface area contributed by atoms with Crippen molar-refractivity contribution in [2.24, 2.45) is 0 Å². The van der Waals surface area contributed by atoms with Crippen LogP contribution in [0.25, 0.3) is 11.2 Å². The zero-order chi connectivity index (χ0) is 20.9. The van der Waals surface area contributed by atoms with Crippen molar-refractivity contribution in [2.75, 3.05) is 6.61 Å². The molecule has 0 radical (unpaired) electrons. The number of aliphatic hydroxyl groups excluding tert-OH is 2. The van der Waals surface area contributed by atoms with Gasteiger partial charge in [0.1, 0.15) is 18.3 Å². The van der Waals surface area contributed by atoms with Gasteiger partial charge in [0.2, 0.25) is 0 Å². The Morgan fingerprint density at radius 2 is 1.96 bits per heavy atom. The van der Waals surface area contributed by atoms with E-state index in [9.17, 15) is 29.0 Å². The van der Waals surface area contributed by atoms with Gasteiger partial charge in [-0.3, -0.25) is 13.9 Å². The highest BCUT2D eigenvalue weighted by Crippen LogP contribution is 2.57. The molecule has 18 heteroatoms. The first-order chi connectivity index (χ1) is 12.9. The molecule has 28 heavy (non-hydrogen) atoms. The van der Waals surface area contributed by atoms with E-state index in [1.807, 2.05) is 0 Å². The number of halogens is 1. The van der Waals surface area contributed by atoms with E-state index in [2.05, 4.69) is 39.7 Å². The molecule has 1 fully saturated rings. The summed E-state index contributed by atoms with van der Waals surface area (Å²) in [6, 6.07) is 0. The molecular formula is C10H13BrN4O11P2. The molecule has 15 nitrogen and oxygen atoms in total. The Morgan fingerprint density at radius 3 is 2.61 bits per heavy atom. The first kappa shape index (κ1) is 21.7. The summed E-state index contributed by atoms with van der Waals surface area (Å²) in [5.74, 6) is 0. The van der Waals surface area contributed by atoms with Crippen LogP contribution in [0.3, 0.4) is 0 Å². The molecule has 2 aromatic heterocycles. The lowest BCUT2D eigenvalue weighted by molar-refractivity contribution is -0.0513. The van der Waals surface area contributed by atoms with Gasteiger partial charge in [-0.1, -0.05) is 0 Å². The Labute approximate surface area is 162 Å². The third-order valence-corrected chi connectivity index (χ3v) is 6.35. The number of hydrogen-bond acceptors (Lipinski definition) is 10. The average molecular weight is 507 g/mol. The van der Waals surface area contributed by atoms with Crippen molar-refractivity contribution in [3.05, 3.63) is 21.4 Å². The van der Waals surface area contributed by atoms with Crippen molar-refractivity contribution < 1.29 is 47.6 Å². The van der Waals surface area contributed by atoms with Crippen LogP contribution in [0.1, 0.15) is 6.23 Å². The van der Waals surface area contributed by atoms with Crippen LogP contribution in [0, 0.1) is 0 Å². The van der Waals surface area contributed by atoms with Gasteiger partial charge in [0, 0.05) is 0 Å². The second-order valence-corrected chi connectivity index (χ2v) is 9.08. The largest absolute Gasteiger partial charge is 0.481 e. The fourth-order valence-corrected chi connectivity index (χ4v) is 4.67. The van der Waals surface area contributed by atoms with E-state index in [1.54, 1.807) is 0 Å². The molecule has 1 saturated heterocycles. The normalized spacial score (nSPS) is 27.9. The van der Waals surface area contributed by atoms with Crippen LogP contribution < -0.4 is 5.56 Å². The maximum absolute atomic E-state index is 11.8. The molecule has 0 aliphatic carbocycles. The number of ether oxygens (including phenoxy) is 1. The molecule has 1 unspecified atom stereocenters. The lowest BCUT2D eigenvalue weighted by Crippen LogP contribution is -2.33. The molecule has 3 rings (SSSR count). The van der Waals surface area contributed by atoms with E-state index < -0.39 is 52.4 Å². The number of aromatic nitrogens is 4. The lowest BCUT2D eigenvalue weighted by atomic mass is 10.1. The van der Waals surface area contributed by atoms with Crippen molar-refractivity contribution >= 4 is 42.7 Å². The number of imidazole rings is 1. The van der Waals surface area contributed by atoms with E-state index in [4.69, 9.17) is 14.5 Å². The summed E-state index contributed by atoms with van der Waals surface area (Å²) >= 11 is 3.09. The van der Waals surface area contributed by atoms with E-state index in [0.29, 0.717) is 0 Å². The number of phosphoric ester groups is 1. The van der Waals surface area contributed by atoms with Gasteiger partial charge in [-0.15, -0.1) is 0 Å². The molecule has 1 aliphatic heterocycles. The summed E-state index contributed by atoms with van der Waals surface area (Å²) in [5, 5.41) is 20.4. The molecular weight excluding hydrogens is 494 g/mol.